The van der Waals surface area contributed by atoms with E-state index in [4.69, 9.17) is 14.6 Å². The normalized spacial score (nSPS) is 16.4. The van der Waals surface area contributed by atoms with Crippen molar-refractivity contribution < 1.29 is 24.2 Å². The molecule has 2 aromatic rings. The van der Waals surface area contributed by atoms with E-state index in [0.717, 1.165) is 19.4 Å². The average Bonchev–Trinajstić information content (AvgIpc) is 3.15. The van der Waals surface area contributed by atoms with Gasteiger partial charge < -0.3 is 19.9 Å². The number of carbonyl (C=O) groups excluding carboxylic acids is 1. The molecule has 130 valence electrons. The molecule has 1 aromatic heterocycles. The van der Waals surface area contributed by atoms with Gasteiger partial charge in [-0.05, 0) is 49.2 Å². The van der Waals surface area contributed by atoms with Gasteiger partial charge in [0.05, 0.1) is 11.7 Å². The maximum absolute atomic E-state index is 12.1. The number of nitrogens with one attached hydrogen (secondary N) is 1. The fourth-order valence-electron chi connectivity index (χ4n) is 2.46. The van der Waals surface area contributed by atoms with Gasteiger partial charge in [0.1, 0.15) is 18.1 Å². The first-order valence-corrected chi connectivity index (χ1v) is 7.97. The lowest BCUT2D eigenvalue weighted by Crippen LogP contribution is -2.16. The molecule has 1 aliphatic heterocycles. The van der Waals surface area contributed by atoms with Crippen LogP contribution >= 0.6 is 0 Å². The lowest BCUT2D eigenvalue weighted by molar-refractivity contribution is 0.0679. The van der Waals surface area contributed by atoms with Crippen LogP contribution in [0.5, 0.6) is 5.75 Å². The van der Waals surface area contributed by atoms with Crippen molar-refractivity contribution in [3.05, 3.63) is 53.9 Å². The summed E-state index contributed by atoms with van der Waals surface area (Å²) in [5.41, 5.74) is 0.782. The van der Waals surface area contributed by atoms with Crippen LogP contribution in [0.2, 0.25) is 0 Å². The predicted molar refractivity (Wildman–Crippen MR) is 90.1 cm³/mol. The van der Waals surface area contributed by atoms with Crippen molar-refractivity contribution in [2.24, 2.45) is 0 Å². The van der Waals surface area contributed by atoms with E-state index in [2.05, 4.69) is 10.3 Å². The molecule has 7 heteroatoms. The zero-order valence-corrected chi connectivity index (χ0v) is 13.5. The summed E-state index contributed by atoms with van der Waals surface area (Å²) in [7, 11) is 0. The highest BCUT2D eigenvalue weighted by Gasteiger charge is 2.16. The zero-order chi connectivity index (χ0) is 17.6. The molecule has 2 N–H and O–H groups in total. The number of anilines is 1. The van der Waals surface area contributed by atoms with Crippen molar-refractivity contribution >= 4 is 17.6 Å². The van der Waals surface area contributed by atoms with Crippen molar-refractivity contribution in [2.75, 3.05) is 18.5 Å². The minimum atomic E-state index is -1.13. The van der Waals surface area contributed by atoms with Crippen LogP contribution in [-0.2, 0) is 4.74 Å². The number of pyridine rings is 1. The minimum Gasteiger partial charge on any atom is -0.491 e. The van der Waals surface area contributed by atoms with Crippen LogP contribution in [0.1, 0.15) is 33.7 Å². The Labute approximate surface area is 144 Å². The molecule has 3 rings (SSSR count). The van der Waals surface area contributed by atoms with E-state index in [1.54, 1.807) is 24.3 Å². The quantitative estimate of drug-likeness (QED) is 0.837. The fraction of sp³-hybridized carbons (Fsp3) is 0.278. The van der Waals surface area contributed by atoms with Gasteiger partial charge >= 0.3 is 5.97 Å². The second kappa shape index (κ2) is 7.76. The molecule has 1 aliphatic rings. The summed E-state index contributed by atoms with van der Waals surface area (Å²) < 4.78 is 11.2. The highest BCUT2D eigenvalue weighted by molar-refractivity contribution is 6.04. The molecule has 0 saturated carbocycles. The van der Waals surface area contributed by atoms with Gasteiger partial charge in [0.25, 0.3) is 5.91 Å². The van der Waals surface area contributed by atoms with Crippen LogP contribution in [0, 0.1) is 0 Å². The molecular weight excluding hydrogens is 324 g/mol. The SMILES string of the molecule is O=C(Nc1ccc(OCC2CCCO2)cc1)c1ccc(C(=O)O)nc1. The Morgan fingerprint density at radius 2 is 2.04 bits per heavy atom. The first kappa shape index (κ1) is 16.9. The molecule has 7 nitrogen and oxygen atoms in total. The molecule has 1 saturated heterocycles. The molecule has 0 aliphatic carbocycles. The summed E-state index contributed by atoms with van der Waals surface area (Å²) >= 11 is 0. The topological polar surface area (TPSA) is 97.8 Å². The van der Waals surface area contributed by atoms with E-state index in [1.807, 2.05) is 0 Å². The number of ether oxygens (including phenoxy) is 2. The molecule has 0 bridgehead atoms. The van der Waals surface area contributed by atoms with E-state index in [9.17, 15) is 9.59 Å². The van der Waals surface area contributed by atoms with Gasteiger partial charge in [-0.2, -0.15) is 0 Å². The van der Waals surface area contributed by atoms with Crippen molar-refractivity contribution in [1.82, 2.24) is 4.98 Å². The average molecular weight is 342 g/mol. The smallest absolute Gasteiger partial charge is 0.354 e. The molecule has 1 amide bonds. The third kappa shape index (κ3) is 4.54. The Morgan fingerprint density at radius 1 is 1.24 bits per heavy atom. The number of amides is 1. The van der Waals surface area contributed by atoms with E-state index in [1.165, 1.54) is 18.3 Å². The van der Waals surface area contributed by atoms with Crippen LogP contribution in [0.3, 0.4) is 0 Å². The van der Waals surface area contributed by atoms with Gasteiger partial charge in [-0.15, -0.1) is 0 Å². The molecule has 1 unspecified atom stereocenters. The first-order valence-electron chi connectivity index (χ1n) is 7.97. The monoisotopic (exact) mass is 342 g/mol. The number of nitrogens with zero attached hydrogens (tertiary/aromatic N) is 1. The van der Waals surface area contributed by atoms with Crippen LogP contribution < -0.4 is 10.1 Å². The number of rotatable bonds is 6. The standard InChI is InChI=1S/C18H18N2O5/c21-17(12-3-8-16(18(22)23)19-10-12)20-13-4-6-14(7-5-13)25-11-15-2-1-9-24-15/h3-8,10,15H,1-2,9,11H2,(H,20,21)(H,22,23). The molecule has 0 radical (unpaired) electrons. The largest absolute Gasteiger partial charge is 0.491 e. The van der Waals surface area contributed by atoms with Crippen molar-refractivity contribution in [3.63, 3.8) is 0 Å². The Kier molecular flexibility index (Phi) is 5.25. The molecule has 1 aromatic carbocycles. The number of hydrogen-bond acceptors (Lipinski definition) is 5. The second-order valence-corrected chi connectivity index (χ2v) is 5.66. The highest BCUT2D eigenvalue weighted by atomic mass is 16.5. The molecule has 1 atom stereocenters. The van der Waals surface area contributed by atoms with Crippen LogP contribution in [-0.4, -0.2) is 41.3 Å². The Hall–Kier alpha value is -2.93. The molecule has 0 spiro atoms. The van der Waals surface area contributed by atoms with E-state index >= 15 is 0 Å². The van der Waals surface area contributed by atoms with Crippen molar-refractivity contribution in [1.29, 1.82) is 0 Å². The third-order valence-electron chi connectivity index (χ3n) is 3.82. The van der Waals surface area contributed by atoms with Crippen LogP contribution in [0.15, 0.2) is 42.6 Å². The lowest BCUT2D eigenvalue weighted by Gasteiger charge is -2.12. The number of hydrogen-bond donors (Lipinski definition) is 2. The minimum absolute atomic E-state index is 0.107. The van der Waals surface area contributed by atoms with Crippen molar-refractivity contribution in [2.45, 2.75) is 18.9 Å². The number of aromatic carboxylic acids is 1. The molecule has 25 heavy (non-hydrogen) atoms. The first-order chi connectivity index (χ1) is 12.1. The number of carboxylic acids is 1. The van der Waals surface area contributed by atoms with Crippen LogP contribution in [0.25, 0.3) is 0 Å². The zero-order valence-electron chi connectivity index (χ0n) is 13.5. The Balaban J connectivity index is 1.54. The predicted octanol–water partition coefficient (Wildman–Crippen LogP) is 2.59. The van der Waals surface area contributed by atoms with Gasteiger partial charge in [0.2, 0.25) is 0 Å². The third-order valence-corrected chi connectivity index (χ3v) is 3.82. The molecule has 2 heterocycles. The van der Waals surface area contributed by atoms with Crippen LogP contribution in [0.4, 0.5) is 5.69 Å². The number of carboxylic acid groups (broad SMARTS) is 1. The lowest BCUT2D eigenvalue weighted by atomic mass is 10.2. The summed E-state index contributed by atoms with van der Waals surface area (Å²) in [6, 6.07) is 9.74. The fourth-order valence-corrected chi connectivity index (χ4v) is 2.46. The molecular formula is C18H18N2O5. The second-order valence-electron chi connectivity index (χ2n) is 5.66. The highest BCUT2D eigenvalue weighted by Crippen LogP contribution is 2.19. The van der Waals surface area contributed by atoms with E-state index < -0.39 is 5.97 Å². The van der Waals surface area contributed by atoms with Crippen molar-refractivity contribution in [3.8, 4) is 5.75 Å². The summed E-state index contributed by atoms with van der Waals surface area (Å²) in [4.78, 5) is 26.6. The molecule has 1 fully saturated rings. The number of carbonyl (C=O) groups is 2. The summed E-state index contributed by atoms with van der Waals surface area (Å²) in [6.07, 6.45) is 3.47. The van der Waals surface area contributed by atoms with Gasteiger partial charge in [-0.3, -0.25) is 4.79 Å². The van der Waals surface area contributed by atoms with E-state index in [0.29, 0.717) is 18.0 Å². The van der Waals surface area contributed by atoms with Gasteiger partial charge in [0, 0.05) is 18.5 Å². The Bertz CT molecular complexity index is 737. The van der Waals surface area contributed by atoms with Gasteiger partial charge in [0.15, 0.2) is 0 Å². The van der Waals surface area contributed by atoms with Gasteiger partial charge in [-0.25, -0.2) is 9.78 Å². The number of aromatic nitrogens is 1. The van der Waals surface area contributed by atoms with E-state index in [-0.39, 0.29) is 23.3 Å². The maximum atomic E-state index is 12.1. The maximum Gasteiger partial charge on any atom is 0.354 e. The summed E-state index contributed by atoms with van der Waals surface area (Å²) in [6.45, 7) is 1.31. The summed E-state index contributed by atoms with van der Waals surface area (Å²) in [5.74, 6) is -0.788. The summed E-state index contributed by atoms with van der Waals surface area (Å²) in [5, 5.41) is 11.5. The Morgan fingerprint density at radius 3 is 2.64 bits per heavy atom. The van der Waals surface area contributed by atoms with Gasteiger partial charge in [-0.1, -0.05) is 0 Å². The number of benzene rings is 1.